The zero-order valence-corrected chi connectivity index (χ0v) is 16.5. The standard InChI is InChI=1S/C18H17Cl2NO4S/c1-3-26(24)16-7-5-4-6-13(16)18(23)25-11(2)17(22)21-15-9-8-12(19)10-14(15)20/h4-11H,3H2,1-2H3,(H,21,22)/t11-,26+/m0/s1. The molecule has 0 bridgehead atoms. The fraction of sp³-hybridized carbons (Fsp3) is 0.222. The summed E-state index contributed by atoms with van der Waals surface area (Å²) >= 11 is 11.8. The van der Waals surface area contributed by atoms with E-state index in [2.05, 4.69) is 5.32 Å². The van der Waals surface area contributed by atoms with E-state index in [1.165, 1.54) is 19.1 Å². The van der Waals surface area contributed by atoms with Crippen LogP contribution in [0.4, 0.5) is 5.69 Å². The van der Waals surface area contributed by atoms with E-state index in [0.29, 0.717) is 21.4 Å². The zero-order chi connectivity index (χ0) is 19.3. The summed E-state index contributed by atoms with van der Waals surface area (Å²) in [5.74, 6) is -0.890. The number of rotatable bonds is 6. The maximum atomic E-state index is 12.4. The molecular weight excluding hydrogens is 397 g/mol. The third-order valence-electron chi connectivity index (χ3n) is 3.46. The fourth-order valence-electron chi connectivity index (χ4n) is 2.09. The van der Waals surface area contributed by atoms with Crippen LogP contribution in [0.25, 0.3) is 0 Å². The molecule has 2 atom stereocenters. The van der Waals surface area contributed by atoms with Crippen LogP contribution in [0.15, 0.2) is 47.4 Å². The van der Waals surface area contributed by atoms with Gasteiger partial charge in [0, 0.05) is 10.8 Å². The van der Waals surface area contributed by atoms with E-state index in [-0.39, 0.29) is 10.6 Å². The number of hydrogen-bond donors (Lipinski definition) is 1. The SMILES string of the molecule is CC[S@@](=O)c1ccccc1C(=O)O[C@@H](C)C(=O)Nc1ccc(Cl)cc1Cl. The van der Waals surface area contributed by atoms with Gasteiger partial charge in [-0.05, 0) is 37.3 Å². The molecule has 5 nitrogen and oxygen atoms in total. The summed E-state index contributed by atoms with van der Waals surface area (Å²) in [7, 11) is -1.32. The monoisotopic (exact) mass is 413 g/mol. The molecule has 2 aromatic rings. The molecule has 1 amide bonds. The van der Waals surface area contributed by atoms with Gasteiger partial charge in [0.25, 0.3) is 5.91 Å². The lowest BCUT2D eigenvalue weighted by atomic mass is 10.2. The topological polar surface area (TPSA) is 72.5 Å². The highest BCUT2D eigenvalue weighted by Gasteiger charge is 2.22. The van der Waals surface area contributed by atoms with Crippen LogP contribution in [0, 0.1) is 0 Å². The summed E-state index contributed by atoms with van der Waals surface area (Å²) in [4.78, 5) is 25.0. The van der Waals surface area contributed by atoms with Crippen LogP contribution in [0.5, 0.6) is 0 Å². The van der Waals surface area contributed by atoms with Gasteiger partial charge in [0.1, 0.15) is 0 Å². The quantitative estimate of drug-likeness (QED) is 0.716. The Balaban J connectivity index is 2.09. The summed E-state index contributed by atoms with van der Waals surface area (Å²) in [6, 6.07) is 11.1. The molecule has 0 saturated heterocycles. The van der Waals surface area contributed by atoms with Crippen molar-refractivity contribution in [2.45, 2.75) is 24.8 Å². The Bertz CT molecular complexity index is 857. The molecular formula is C18H17Cl2NO4S. The average Bonchev–Trinajstić information content (AvgIpc) is 2.63. The van der Waals surface area contributed by atoms with Crippen molar-refractivity contribution in [2.24, 2.45) is 0 Å². The van der Waals surface area contributed by atoms with Gasteiger partial charge in [-0.15, -0.1) is 0 Å². The van der Waals surface area contributed by atoms with Crippen LogP contribution in [0.3, 0.4) is 0 Å². The summed E-state index contributed by atoms with van der Waals surface area (Å²) in [5.41, 5.74) is 0.535. The number of hydrogen-bond acceptors (Lipinski definition) is 4. The van der Waals surface area contributed by atoms with Crippen molar-refractivity contribution >= 4 is 51.6 Å². The minimum Gasteiger partial charge on any atom is -0.449 e. The lowest BCUT2D eigenvalue weighted by Crippen LogP contribution is -2.30. The molecule has 138 valence electrons. The molecule has 2 aromatic carbocycles. The zero-order valence-electron chi connectivity index (χ0n) is 14.1. The first-order chi connectivity index (χ1) is 12.3. The molecule has 0 radical (unpaired) electrons. The van der Waals surface area contributed by atoms with Gasteiger partial charge in [-0.2, -0.15) is 0 Å². The molecule has 0 saturated carbocycles. The maximum Gasteiger partial charge on any atom is 0.340 e. The fourth-order valence-corrected chi connectivity index (χ4v) is 3.49. The highest BCUT2D eigenvalue weighted by Crippen LogP contribution is 2.25. The molecule has 0 heterocycles. The normalized spacial score (nSPS) is 12.9. The predicted octanol–water partition coefficient (Wildman–Crippen LogP) is 4.30. The van der Waals surface area contributed by atoms with Crippen molar-refractivity contribution in [2.75, 3.05) is 11.1 Å². The second-order valence-corrected chi connectivity index (χ2v) is 7.84. The van der Waals surface area contributed by atoms with Crippen molar-refractivity contribution < 1.29 is 18.5 Å². The number of ether oxygens (including phenoxy) is 1. The molecule has 0 aliphatic heterocycles. The highest BCUT2D eigenvalue weighted by molar-refractivity contribution is 7.85. The number of nitrogens with one attached hydrogen (secondary N) is 1. The molecule has 0 unspecified atom stereocenters. The van der Waals surface area contributed by atoms with E-state index >= 15 is 0 Å². The summed E-state index contributed by atoms with van der Waals surface area (Å²) in [5, 5.41) is 3.29. The van der Waals surface area contributed by atoms with Crippen molar-refractivity contribution in [1.29, 1.82) is 0 Å². The van der Waals surface area contributed by atoms with Gasteiger partial charge >= 0.3 is 5.97 Å². The number of amides is 1. The molecule has 26 heavy (non-hydrogen) atoms. The van der Waals surface area contributed by atoms with Crippen LogP contribution >= 0.6 is 23.2 Å². The van der Waals surface area contributed by atoms with E-state index in [9.17, 15) is 13.8 Å². The molecule has 8 heteroatoms. The summed E-state index contributed by atoms with van der Waals surface area (Å²) in [6.45, 7) is 3.20. The number of carbonyl (C=O) groups is 2. The Kier molecular flexibility index (Phi) is 7.20. The largest absolute Gasteiger partial charge is 0.449 e. The molecule has 0 aliphatic rings. The molecule has 0 fully saturated rings. The molecule has 0 aliphatic carbocycles. The smallest absolute Gasteiger partial charge is 0.340 e. The van der Waals surface area contributed by atoms with Crippen molar-refractivity contribution in [3.05, 3.63) is 58.1 Å². The summed E-state index contributed by atoms with van der Waals surface area (Å²) in [6.07, 6.45) is -1.07. The minimum atomic E-state index is -1.32. The maximum absolute atomic E-state index is 12.4. The van der Waals surface area contributed by atoms with Crippen molar-refractivity contribution in [3.63, 3.8) is 0 Å². The predicted molar refractivity (Wildman–Crippen MR) is 103 cm³/mol. The Morgan fingerprint density at radius 1 is 1.19 bits per heavy atom. The Labute approximate surface area is 164 Å². The van der Waals surface area contributed by atoms with Gasteiger partial charge in [0.05, 0.1) is 32.0 Å². The van der Waals surface area contributed by atoms with Crippen LogP contribution in [0.2, 0.25) is 10.0 Å². The van der Waals surface area contributed by atoms with Crippen LogP contribution in [-0.4, -0.2) is 27.9 Å². The van der Waals surface area contributed by atoms with E-state index in [0.717, 1.165) is 0 Å². The van der Waals surface area contributed by atoms with E-state index in [1.807, 2.05) is 0 Å². The second kappa shape index (κ2) is 9.16. The van der Waals surface area contributed by atoms with E-state index < -0.39 is 28.8 Å². The number of carbonyl (C=O) groups excluding carboxylic acids is 2. The van der Waals surface area contributed by atoms with E-state index in [4.69, 9.17) is 27.9 Å². The first-order valence-electron chi connectivity index (χ1n) is 7.77. The lowest BCUT2D eigenvalue weighted by Gasteiger charge is -2.15. The number of anilines is 1. The van der Waals surface area contributed by atoms with Crippen molar-refractivity contribution in [3.8, 4) is 0 Å². The van der Waals surface area contributed by atoms with Gasteiger partial charge in [-0.25, -0.2) is 4.79 Å². The second-order valence-electron chi connectivity index (χ2n) is 5.29. The Morgan fingerprint density at radius 2 is 1.88 bits per heavy atom. The highest BCUT2D eigenvalue weighted by atomic mass is 35.5. The molecule has 0 aromatic heterocycles. The van der Waals surface area contributed by atoms with E-state index in [1.54, 1.807) is 37.3 Å². The number of esters is 1. The van der Waals surface area contributed by atoms with Gasteiger partial charge in [-0.3, -0.25) is 9.00 Å². The number of benzene rings is 2. The van der Waals surface area contributed by atoms with Crippen molar-refractivity contribution in [1.82, 2.24) is 0 Å². The van der Waals surface area contributed by atoms with Gasteiger partial charge in [0.2, 0.25) is 0 Å². The number of halogens is 2. The van der Waals surface area contributed by atoms with Crippen LogP contribution < -0.4 is 5.32 Å². The Morgan fingerprint density at radius 3 is 2.54 bits per heavy atom. The molecule has 2 rings (SSSR count). The van der Waals surface area contributed by atoms with Gasteiger partial charge < -0.3 is 10.1 Å². The minimum absolute atomic E-state index is 0.178. The lowest BCUT2D eigenvalue weighted by molar-refractivity contribution is -0.123. The Hall–Kier alpha value is -1.89. The first kappa shape index (κ1) is 20.4. The van der Waals surface area contributed by atoms with Gasteiger partial charge in [-0.1, -0.05) is 42.3 Å². The first-order valence-corrected chi connectivity index (χ1v) is 9.85. The molecule has 1 N–H and O–H groups in total. The van der Waals surface area contributed by atoms with Gasteiger partial charge in [0.15, 0.2) is 6.10 Å². The van der Waals surface area contributed by atoms with Crippen LogP contribution in [0.1, 0.15) is 24.2 Å². The summed E-state index contributed by atoms with van der Waals surface area (Å²) < 4.78 is 17.3. The average molecular weight is 414 g/mol. The third-order valence-corrected chi connectivity index (χ3v) is 5.38. The third kappa shape index (κ3) is 5.06. The van der Waals surface area contributed by atoms with Crippen LogP contribution in [-0.2, 0) is 20.3 Å². The molecule has 0 spiro atoms.